The minimum Gasteiger partial charge on any atom is -0.275 e. The molecule has 1 N–H and O–H groups in total. The third-order valence-corrected chi connectivity index (χ3v) is 4.42. The van der Waals surface area contributed by atoms with Crippen LogP contribution >= 0.6 is 34.8 Å². The Morgan fingerprint density at radius 3 is 2.38 bits per heavy atom. The highest BCUT2D eigenvalue weighted by Crippen LogP contribution is 2.30. The largest absolute Gasteiger partial charge is 0.275 e. The normalized spacial score (nSPS) is 11.3. The van der Waals surface area contributed by atoms with Crippen molar-refractivity contribution in [3.63, 3.8) is 0 Å². The van der Waals surface area contributed by atoms with Gasteiger partial charge in [0.25, 0.3) is 0 Å². The molecule has 0 amide bonds. The van der Waals surface area contributed by atoms with E-state index in [9.17, 15) is 0 Å². The Balaban J connectivity index is 2.22. The molecule has 0 aliphatic heterocycles. The zero-order chi connectivity index (χ0) is 18.7. The first-order chi connectivity index (χ1) is 12.5. The zero-order valence-corrected chi connectivity index (χ0v) is 15.8. The molecule has 0 atom stereocenters. The van der Waals surface area contributed by atoms with Crippen LogP contribution in [0.3, 0.4) is 0 Å². The average molecular weight is 405 g/mol. The maximum atomic E-state index is 8.92. The van der Waals surface area contributed by atoms with Crippen molar-refractivity contribution in [1.82, 2.24) is 15.1 Å². The molecule has 2 aromatic carbocycles. The third-order valence-electron chi connectivity index (χ3n) is 3.63. The lowest BCUT2D eigenvalue weighted by Gasteiger charge is -2.10. The molecular formula is C18H12Cl3N5. The van der Waals surface area contributed by atoms with Gasteiger partial charge in [0.2, 0.25) is 0 Å². The van der Waals surface area contributed by atoms with Crippen LogP contribution in [-0.4, -0.2) is 22.7 Å². The van der Waals surface area contributed by atoms with Gasteiger partial charge in [-0.3, -0.25) is 10.3 Å². The maximum absolute atomic E-state index is 8.92. The van der Waals surface area contributed by atoms with Crippen molar-refractivity contribution < 1.29 is 0 Å². The van der Waals surface area contributed by atoms with Gasteiger partial charge in [-0.15, -0.1) is 0 Å². The summed E-state index contributed by atoms with van der Waals surface area (Å²) < 4.78 is 1.68. The summed E-state index contributed by atoms with van der Waals surface area (Å²) in [6, 6.07) is 14.3. The quantitative estimate of drug-likeness (QED) is 0.291. The molecule has 1 heterocycles. The Morgan fingerprint density at radius 2 is 1.77 bits per heavy atom. The first-order valence-corrected chi connectivity index (χ1v) is 8.60. The van der Waals surface area contributed by atoms with E-state index in [4.69, 9.17) is 40.1 Å². The van der Waals surface area contributed by atoms with Crippen LogP contribution in [0.1, 0.15) is 5.69 Å². The summed E-state index contributed by atoms with van der Waals surface area (Å²) in [5.41, 5.74) is 2.80. The number of benzene rings is 2. The Bertz CT molecular complexity index is 1020. The predicted octanol–water partition coefficient (Wildman–Crippen LogP) is 4.95. The molecule has 3 rings (SSSR count). The summed E-state index contributed by atoms with van der Waals surface area (Å²) in [7, 11) is 1.58. The van der Waals surface area contributed by atoms with E-state index in [-0.39, 0.29) is 0 Å². The molecule has 0 bridgehead atoms. The number of aromatic nitrogens is 2. The fraction of sp³-hybridized carbons (Fsp3) is 0.0556. The Labute approximate surface area is 165 Å². The molecule has 8 heteroatoms. The van der Waals surface area contributed by atoms with Gasteiger partial charge in [0.15, 0.2) is 12.0 Å². The average Bonchev–Trinajstić information content (AvgIpc) is 3.05. The zero-order valence-electron chi connectivity index (χ0n) is 13.5. The highest BCUT2D eigenvalue weighted by Gasteiger charge is 2.17. The van der Waals surface area contributed by atoms with E-state index < -0.39 is 0 Å². The number of nitrogens with one attached hydrogen (secondary N) is 1. The number of hydrogen-bond donors (Lipinski definition) is 1. The molecule has 1 aromatic heterocycles. The van der Waals surface area contributed by atoms with Crippen molar-refractivity contribution in [1.29, 1.82) is 5.26 Å². The van der Waals surface area contributed by atoms with Gasteiger partial charge >= 0.3 is 0 Å². The lowest BCUT2D eigenvalue weighted by atomic mass is 10.1. The van der Waals surface area contributed by atoms with Gasteiger partial charge in [0.05, 0.1) is 16.4 Å². The second-order valence-electron chi connectivity index (χ2n) is 5.24. The van der Waals surface area contributed by atoms with Gasteiger partial charge in [-0.1, -0.05) is 46.9 Å². The van der Waals surface area contributed by atoms with Crippen molar-refractivity contribution in [3.05, 3.63) is 69.3 Å². The SMILES string of the molecule is CN=C(NC#N)c1cc(-c2ccc(Cl)cc2)n(-c2ccc(Cl)cc2Cl)n1. The van der Waals surface area contributed by atoms with Crippen molar-refractivity contribution in [2.45, 2.75) is 0 Å². The van der Waals surface area contributed by atoms with Crippen molar-refractivity contribution in [2.24, 2.45) is 4.99 Å². The monoisotopic (exact) mass is 403 g/mol. The first kappa shape index (κ1) is 18.3. The van der Waals surface area contributed by atoms with Gasteiger partial charge in [-0.25, -0.2) is 4.68 Å². The molecule has 0 aliphatic rings. The molecule has 5 nitrogen and oxygen atoms in total. The molecule has 0 radical (unpaired) electrons. The number of nitrogens with zero attached hydrogens (tertiary/aromatic N) is 4. The highest BCUT2D eigenvalue weighted by molar-refractivity contribution is 6.35. The number of amidine groups is 1. The van der Waals surface area contributed by atoms with Crippen LogP contribution in [0.15, 0.2) is 53.5 Å². The summed E-state index contributed by atoms with van der Waals surface area (Å²) in [5.74, 6) is 0.353. The Kier molecular flexibility index (Phi) is 5.48. The second-order valence-corrected chi connectivity index (χ2v) is 6.52. The van der Waals surface area contributed by atoms with Crippen LogP contribution < -0.4 is 5.32 Å². The van der Waals surface area contributed by atoms with Crippen LogP contribution in [0.4, 0.5) is 0 Å². The van der Waals surface area contributed by atoms with E-state index >= 15 is 0 Å². The standard InChI is InChI=1S/C18H12Cl3N5/c1-23-18(24-10-22)15-9-17(11-2-4-12(19)5-3-11)26(25-15)16-7-6-13(20)8-14(16)21/h2-9H,1H3,(H,23,24). The van der Waals surface area contributed by atoms with Crippen LogP contribution in [0, 0.1) is 11.5 Å². The van der Waals surface area contributed by atoms with Crippen molar-refractivity contribution in [3.8, 4) is 23.1 Å². The van der Waals surface area contributed by atoms with E-state index in [0.29, 0.717) is 32.3 Å². The molecule has 0 spiro atoms. The number of nitriles is 1. The van der Waals surface area contributed by atoms with Crippen LogP contribution in [0.2, 0.25) is 15.1 Å². The molecule has 0 saturated heterocycles. The summed E-state index contributed by atoms with van der Waals surface area (Å²) in [4.78, 5) is 4.07. The first-order valence-electron chi connectivity index (χ1n) is 7.47. The lowest BCUT2D eigenvalue weighted by molar-refractivity contribution is 0.880. The molecule has 0 aliphatic carbocycles. The van der Waals surface area contributed by atoms with E-state index in [1.54, 1.807) is 42.1 Å². The second kappa shape index (κ2) is 7.79. The summed E-state index contributed by atoms with van der Waals surface area (Å²) >= 11 is 18.4. The topological polar surface area (TPSA) is 66.0 Å². The predicted molar refractivity (Wildman–Crippen MR) is 105 cm³/mol. The molecule has 3 aromatic rings. The van der Waals surface area contributed by atoms with Crippen LogP contribution in [-0.2, 0) is 0 Å². The maximum Gasteiger partial charge on any atom is 0.182 e. The minimum atomic E-state index is 0.353. The summed E-state index contributed by atoms with van der Waals surface area (Å²) in [5, 5.41) is 17.6. The molecule has 130 valence electrons. The van der Waals surface area contributed by atoms with Gasteiger partial charge in [-0.2, -0.15) is 10.4 Å². The smallest absolute Gasteiger partial charge is 0.182 e. The molecule has 26 heavy (non-hydrogen) atoms. The molecular weight excluding hydrogens is 393 g/mol. The number of rotatable bonds is 3. The molecule has 0 saturated carbocycles. The van der Waals surface area contributed by atoms with Gasteiger partial charge in [0, 0.05) is 22.7 Å². The fourth-order valence-electron chi connectivity index (χ4n) is 2.45. The van der Waals surface area contributed by atoms with E-state index in [1.807, 2.05) is 24.4 Å². The van der Waals surface area contributed by atoms with Crippen LogP contribution in [0.5, 0.6) is 0 Å². The van der Waals surface area contributed by atoms with Gasteiger partial charge < -0.3 is 0 Å². The lowest BCUT2D eigenvalue weighted by Crippen LogP contribution is -2.19. The number of aliphatic imine (C=N–C) groups is 1. The molecule has 0 unspecified atom stereocenters. The Hall–Kier alpha value is -2.52. The Morgan fingerprint density at radius 1 is 1.08 bits per heavy atom. The van der Waals surface area contributed by atoms with Crippen LogP contribution in [0.25, 0.3) is 16.9 Å². The van der Waals surface area contributed by atoms with E-state index in [1.165, 1.54) is 0 Å². The van der Waals surface area contributed by atoms with Crippen molar-refractivity contribution in [2.75, 3.05) is 7.05 Å². The van der Waals surface area contributed by atoms with Gasteiger partial charge in [0.1, 0.15) is 5.69 Å². The number of halogens is 3. The third kappa shape index (κ3) is 3.68. The summed E-state index contributed by atoms with van der Waals surface area (Å²) in [6.07, 6.45) is 1.86. The van der Waals surface area contributed by atoms with E-state index in [0.717, 1.165) is 11.3 Å². The molecule has 0 fully saturated rings. The van der Waals surface area contributed by atoms with Gasteiger partial charge in [-0.05, 0) is 36.4 Å². The fourth-order valence-corrected chi connectivity index (χ4v) is 3.06. The number of hydrogen-bond acceptors (Lipinski definition) is 3. The summed E-state index contributed by atoms with van der Waals surface area (Å²) in [6.45, 7) is 0. The highest BCUT2D eigenvalue weighted by atomic mass is 35.5. The minimum absolute atomic E-state index is 0.353. The van der Waals surface area contributed by atoms with Crippen molar-refractivity contribution >= 4 is 40.6 Å². The van der Waals surface area contributed by atoms with E-state index in [2.05, 4.69) is 15.4 Å².